The number of rotatable bonds is 7. The highest BCUT2D eigenvalue weighted by atomic mass is 35.5. The molecule has 8 nitrogen and oxygen atoms in total. The number of aryl methyl sites for hydroxylation is 2. The molecule has 5 aromatic rings. The van der Waals surface area contributed by atoms with Gasteiger partial charge < -0.3 is 4.98 Å². The Morgan fingerprint density at radius 1 is 1.03 bits per heavy atom. The molecule has 1 N–H and O–H groups in total. The minimum Gasteiger partial charge on any atom is -0.322 e. The Morgan fingerprint density at radius 3 is 2.51 bits per heavy atom. The van der Waals surface area contributed by atoms with Crippen molar-refractivity contribution in [2.24, 2.45) is 0 Å². The van der Waals surface area contributed by atoms with Gasteiger partial charge in [-0.25, -0.2) is 4.68 Å². The third-order valence-corrected chi connectivity index (χ3v) is 7.33. The minimum atomic E-state index is -0.578. The average molecular weight is 542 g/mol. The van der Waals surface area contributed by atoms with Crippen molar-refractivity contribution in [1.82, 2.24) is 35.1 Å². The van der Waals surface area contributed by atoms with Crippen LogP contribution in [0.1, 0.15) is 60.5 Å². The maximum Gasteiger partial charge on any atom is 0.253 e. The number of hydrogen-bond donors (Lipinski definition) is 1. The second-order valence-corrected chi connectivity index (χ2v) is 11.4. The van der Waals surface area contributed by atoms with Crippen molar-refractivity contribution in [1.29, 1.82) is 0 Å². The Kier molecular flexibility index (Phi) is 7.34. The van der Waals surface area contributed by atoms with Gasteiger partial charge in [-0.05, 0) is 103 Å². The standard InChI is InChI=1S/C30H32ClN7O/c1-19-13-23-15-24(29(39)33-26(23)14-20(19)2)27(28-34-35-36-38(28)30(3,4)5)37(17-21-9-8-12-32-16-21)18-22-10-6-7-11-25(22)31/h6-16,27H,17-18H2,1-5H3,(H,33,39)/t27-/m1/s1. The monoisotopic (exact) mass is 541 g/mol. The predicted molar refractivity (Wildman–Crippen MR) is 154 cm³/mol. The summed E-state index contributed by atoms with van der Waals surface area (Å²) in [6, 6.07) is 17.2. The number of nitrogens with one attached hydrogen (secondary N) is 1. The maximum atomic E-state index is 13.8. The van der Waals surface area contributed by atoms with Crippen LogP contribution >= 0.6 is 11.6 Å². The molecule has 0 radical (unpaired) electrons. The molecule has 0 saturated carbocycles. The lowest BCUT2D eigenvalue weighted by Gasteiger charge is -2.33. The summed E-state index contributed by atoms with van der Waals surface area (Å²) in [5.74, 6) is 0.576. The Morgan fingerprint density at radius 2 is 1.79 bits per heavy atom. The number of aromatic amines is 1. The van der Waals surface area contributed by atoms with Crippen molar-refractivity contribution in [3.63, 3.8) is 0 Å². The molecule has 3 aromatic heterocycles. The first-order valence-corrected chi connectivity index (χ1v) is 13.3. The number of aromatic nitrogens is 6. The first kappa shape index (κ1) is 26.7. The molecule has 200 valence electrons. The van der Waals surface area contributed by atoms with Gasteiger partial charge in [-0.15, -0.1) is 5.10 Å². The Bertz CT molecular complexity index is 1670. The number of benzene rings is 2. The summed E-state index contributed by atoms with van der Waals surface area (Å²) in [5.41, 5.74) is 4.96. The zero-order valence-electron chi connectivity index (χ0n) is 22.8. The zero-order chi connectivity index (χ0) is 27.7. The van der Waals surface area contributed by atoms with E-state index in [0.717, 1.165) is 33.2 Å². The quantitative estimate of drug-likeness (QED) is 0.283. The molecule has 0 aliphatic carbocycles. The van der Waals surface area contributed by atoms with Gasteiger partial charge in [0, 0.05) is 41.6 Å². The van der Waals surface area contributed by atoms with Gasteiger partial charge in [0.05, 0.1) is 5.54 Å². The van der Waals surface area contributed by atoms with Crippen LogP contribution in [-0.2, 0) is 18.6 Å². The molecule has 0 unspecified atom stereocenters. The Balaban J connectivity index is 1.76. The van der Waals surface area contributed by atoms with E-state index >= 15 is 0 Å². The molecule has 0 amide bonds. The molecule has 1 atom stereocenters. The van der Waals surface area contributed by atoms with Crippen LogP contribution in [0, 0.1) is 13.8 Å². The molecule has 9 heteroatoms. The van der Waals surface area contributed by atoms with E-state index in [4.69, 9.17) is 11.6 Å². The van der Waals surface area contributed by atoms with Crippen LogP contribution in [0.5, 0.6) is 0 Å². The zero-order valence-corrected chi connectivity index (χ0v) is 23.6. The summed E-state index contributed by atoms with van der Waals surface area (Å²) < 4.78 is 1.80. The summed E-state index contributed by atoms with van der Waals surface area (Å²) in [6.45, 7) is 11.2. The second-order valence-electron chi connectivity index (χ2n) is 11.0. The fourth-order valence-corrected chi connectivity index (χ4v) is 5.04. The van der Waals surface area contributed by atoms with Crippen LogP contribution in [0.3, 0.4) is 0 Å². The molecule has 5 rings (SSSR count). The largest absolute Gasteiger partial charge is 0.322 e. The maximum absolute atomic E-state index is 13.8. The van der Waals surface area contributed by atoms with Gasteiger partial charge in [0.2, 0.25) is 0 Å². The molecule has 0 fully saturated rings. The third kappa shape index (κ3) is 5.62. The van der Waals surface area contributed by atoms with Crippen LogP contribution in [0.4, 0.5) is 0 Å². The first-order chi connectivity index (χ1) is 18.6. The lowest BCUT2D eigenvalue weighted by molar-refractivity contribution is 0.184. The van der Waals surface area contributed by atoms with E-state index in [0.29, 0.717) is 29.5 Å². The SMILES string of the molecule is Cc1cc2cc([C@H](c3nnnn3C(C)(C)C)N(Cc3cccnc3)Cc3ccccc3Cl)c(=O)[nH]c2cc1C. The van der Waals surface area contributed by atoms with Crippen LogP contribution in [0.2, 0.25) is 5.02 Å². The van der Waals surface area contributed by atoms with Gasteiger partial charge in [-0.2, -0.15) is 0 Å². The van der Waals surface area contributed by atoms with Gasteiger partial charge in [0.1, 0.15) is 6.04 Å². The average Bonchev–Trinajstić information content (AvgIpc) is 3.38. The van der Waals surface area contributed by atoms with Crippen LogP contribution in [-0.4, -0.2) is 35.1 Å². The van der Waals surface area contributed by atoms with Gasteiger partial charge in [-0.1, -0.05) is 35.9 Å². The van der Waals surface area contributed by atoms with Crippen molar-refractivity contribution in [3.8, 4) is 0 Å². The lowest BCUT2D eigenvalue weighted by atomic mass is 9.99. The van der Waals surface area contributed by atoms with Crippen LogP contribution in [0.15, 0.2) is 71.8 Å². The first-order valence-electron chi connectivity index (χ1n) is 12.9. The third-order valence-electron chi connectivity index (χ3n) is 6.96. The van der Waals surface area contributed by atoms with Crippen molar-refractivity contribution >= 4 is 22.5 Å². The molecular weight excluding hydrogens is 510 g/mol. The van der Waals surface area contributed by atoms with Crippen LogP contribution in [0.25, 0.3) is 10.9 Å². The highest BCUT2D eigenvalue weighted by molar-refractivity contribution is 6.31. The summed E-state index contributed by atoms with van der Waals surface area (Å²) in [5, 5.41) is 14.5. The number of H-pyrrole nitrogens is 1. The normalized spacial score (nSPS) is 12.8. The van der Waals surface area contributed by atoms with Crippen molar-refractivity contribution in [2.75, 3.05) is 0 Å². The van der Waals surface area contributed by atoms with Gasteiger partial charge in [0.15, 0.2) is 5.82 Å². The Hall–Kier alpha value is -3.88. The molecule has 3 heterocycles. The number of halogens is 1. The molecule has 0 spiro atoms. The highest BCUT2D eigenvalue weighted by Crippen LogP contribution is 2.33. The topological polar surface area (TPSA) is 92.6 Å². The van der Waals surface area contributed by atoms with E-state index in [9.17, 15) is 4.79 Å². The number of nitrogens with zero attached hydrogens (tertiary/aromatic N) is 6. The minimum absolute atomic E-state index is 0.186. The van der Waals surface area contributed by atoms with E-state index in [2.05, 4.69) is 43.4 Å². The van der Waals surface area contributed by atoms with Crippen molar-refractivity contribution in [3.05, 3.63) is 116 Å². The summed E-state index contributed by atoms with van der Waals surface area (Å²) in [6.07, 6.45) is 3.58. The Labute approximate surface area is 232 Å². The van der Waals surface area contributed by atoms with E-state index in [1.807, 2.05) is 82.4 Å². The summed E-state index contributed by atoms with van der Waals surface area (Å²) in [4.78, 5) is 23.4. The van der Waals surface area contributed by atoms with E-state index in [1.165, 1.54) is 0 Å². The molecule has 39 heavy (non-hydrogen) atoms. The summed E-state index contributed by atoms with van der Waals surface area (Å²) in [7, 11) is 0. The fraction of sp³-hybridized carbons (Fsp3) is 0.300. The van der Waals surface area contributed by atoms with Crippen LogP contribution < -0.4 is 5.56 Å². The van der Waals surface area contributed by atoms with E-state index < -0.39 is 11.6 Å². The predicted octanol–water partition coefficient (Wildman–Crippen LogP) is 5.73. The highest BCUT2D eigenvalue weighted by Gasteiger charge is 2.34. The van der Waals surface area contributed by atoms with Crippen molar-refractivity contribution < 1.29 is 0 Å². The molecule has 0 bridgehead atoms. The number of hydrogen-bond acceptors (Lipinski definition) is 6. The lowest BCUT2D eigenvalue weighted by Crippen LogP contribution is -2.37. The number of pyridine rings is 2. The van der Waals surface area contributed by atoms with Gasteiger partial charge in [0.25, 0.3) is 5.56 Å². The molecule has 2 aromatic carbocycles. The summed E-state index contributed by atoms with van der Waals surface area (Å²) >= 11 is 6.64. The fourth-order valence-electron chi connectivity index (χ4n) is 4.85. The number of fused-ring (bicyclic) bond motifs is 1. The second kappa shape index (κ2) is 10.7. The number of tetrazole rings is 1. The molecule has 0 aliphatic heterocycles. The van der Waals surface area contributed by atoms with Gasteiger partial charge in [-0.3, -0.25) is 14.7 Å². The van der Waals surface area contributed by atoms with E-state index in [-0.39, 0.29) is 5.56 Å². The van der Waals surface area contributed by atoms with Crippen molar-refractivity contribution in [2.45, 2.75) is 59.3 Å². The van der Waals surface area contributed by atoms with Gasteiger partial charge >= 0.3 is 0 Å². The molecule has 0 aliphatic rings. The molecule has 0 saturated heterocycles. The smallest absolute Gasteiger partial charge is 0.253 e. The molecular formula is C30H32ClN7O. The van der Waals surface area contributed by atoms with E-state index in [1.54, 1.807) is 10.9 Å².